The monoisotopic (exact) mass is 438 g/mol. The molecule has 2 heterocycles. The van der Waals surface area contributed by atoms with E-state index in [0.29, 0.717) is 6.61 Å². The Labute approximate surface area is 180 Å². The molecule has 2 unspecified atom stereocenters. The summed E-state index contributed by atoms with van der Waals surface area (Å²) in [5.74, 6) is 0. The fourth-order valence-electron chi connectivity index (χ4n) is 3.55. The quantitative estimate of drug-likeness (QED) is 0.531. The van der Waals surface area contributed by atoms with Crippen LogP contribution in [0.15, 0.2) is 24.3 Å². The number of benzene rings is 1. The third kappa shape index (κ3) is 5.22. The topological polar surface area (TPSA) is 90.2 Å². The summed E-state index contributed by atoms with van der Waals surface area (Å²) in [6.07, 6.45) is -1.73. The number of aliphatic hydroxyl groups is 4. The largest absolute Gasteiger partial charge is 0.395 e. The van der Waals surface area contributed by atoms with E-state index in [9.17, 15) is 20.4 Å². The second-order valence-electron chi connectivity index (χ2n) is 7.61. The molecular formula is C22H30O5S2. The highest BCUT2D eigenvalue weighted by Crippen LogP contribution is 2.34. The van der Waals surface area contributed by atoms with Crippen molar-refractivity contribution in [1.29, 1.82) is 0 Å². The summed E-state index contributed by atoms with van der Waals surface area (Å²) in [6.45, 7) is 6.32. The molecule has 3 rings (SSSR count). The Kier molecular flexibility index (Phi) is 7.78. The van der Waals surface area contributed by atoms with E-state index in [0.717, 1.165) is 35.7 Å². The van der Waals surface area contributed by atoms with E-state index in [4.69, 9.17) is 4.74 Å². The van der Waals surface area contributed by atoms with Crippen LogP contribution in [0.2, 0.25) is 0 Å². The molecule has 2 aromatic rings. The predicted molar refractivity (Wildman–Crippen MR) is 117 cm³/mol. The molecule has 5 nitrogen and oxygen atoms in total. The van der Waals surface area contributed by atoms with Gasteiger partial charge in [-0.3, -0.25) is 0 Å². The maximum atomic E-state index is 10.2. The average molecular weight is 439 g/mol. The third-order valence-electron chi connectivity index (χ3n) is 5.48. The number of hydrogen-bond donors (Lipinski definition) is 4. The van der Waals surface area contributed by atoms with Crippen LogP contribution in [0.25, 0.3) is 0 Å². The maximum Gasteiger partial charge on any atom is 0.132 e. The van der Waals surface area contributed by atoms with Gasteiger partial charge in [-0.15, -0.1) is 23.1 Å². The summed E-state index contributed by atoms with van der Waals surface area (Å²) in [7, 11) is 0. The second kappa shape index (κ2) is 9.92. The molecule has 0 amide bonds. The lowest BCUT2D eigenvalue weighted by atomic mass is 9.98. The van der Waals surface area contributed by atoms with E-state index >= 15 is 0 Å². The minimum atomic E-state index is -1.33. The molecule has 1 saturated heterocycles. The lowest BCUT2D eigenvalue weighted by Gasteiger charge is -2.39. The van der Waals surface area contributed by atoms with E-state index in [1.807, 2.05) is 18.3 Å². The van der Waals surface area contributed by atoms with Gasteiger partial charge in [-0.2, -0.15) is 0 Å². The number of thiophene rings is 1. The van der Waals surface area contributed by atoms with Crippen LogP contribution in [0.5, 0.6) is 0 Å². The Morgan fingerprint density at radius 3 is 2.24 bits per heavy atom. The van der Waals surface area contributed by atoms with E-state index < -0.39 is 29.0 Å². The maximum absolute atomic E-state index is 10.2. The lowest BCUT2D eigenvalue weighted by molar-refractivity contribution is -0.112. The Bertz CT molecular complexity index is 820. The zero-order valence-corrected chi connectivity index (χ0v) is 18.7. The number of thioether (sulfide) groups is 1. The zero-order valence-electron chi connectivity index (χ0n) is 17.0. The van der Waals surface area contributed by atoms with Crippen molar-refractivity contribution in [3.63, 3.8) is 0 Å². The molecule has 0 bridgehead atoms. The van der Waals surface area contributed by atoms with Gasteiger partial charge >= 0.3 is 0 Å². The SMILES string of the molecule is CCc1ccc(Cc2cc(C)c(CO[C@H]3SC(CO)[C@@H](O)C(O)[C@H]3O)cc2C)s1. The van der Waals surface area contributed by atoms with Gasteiger partial charge in [0.2, 0.25) is 0 Å². The van der Waals surface area contributed by atoms with Crippen molar-refractivity contribution in [3.8, 4) is 0 Å². The summed E-state index contributed by atoms with van der Waals surface area (Å²) in [5.41, 5.74) is 3.93. The molecule has 7 heteroatoms. The van der Waals surface area contributed by atoms with Gasteiger partial charge in [0.25, 0.3) is 0 Å². The second-order valence-corrected chi connectivity index (χ2v) is 10.2. The van der Waals surface area contributed by atoms with Gasteiger partial charge in [0.15, 0.2) is 0 Å². The van der Waals surface area contributed by atoms with Gasteiger partial charge in [-0.05, 0) is 54.7 Å². The van der Waals surface area contributed by atoms with E-state index in [1.54, 1.807) is 0 Å². The van der Waals surface area contributed by atoms with E-state index in [1.165, 1.54) is 20.9 Å². The van der Waals surface area contributed by atoms with Gasteiger partial charge < -0.3 is 25.2 Å². The fourth-order valence-corrected chi connectivity index (χ4v) is 5.76. The van der Waals surface area contributed by atoms with Crippen molar-refractivity contribution in [2.45, 2.75) is 69.2 Å². The van der Waals surface area contributed by atoms with E-state index in [-0.39, 0.29) is 6.61 Å². The van der Waals surface area contributed by atoms with Crippen LogP contribution in [0.1, 0.15) is 38.9 Å². The first-order valence-electron chi connectivity index (χ1n) is 9.92. The minimum absolute atomic E-state index is 0.287. The van der Waals surface area contributed by atoms with Gasteiger partial charge in [0.1, 0.15) is 17.6 Å². The van der Waals surface area contributed by atoms with Crippen LogP contribution in [0, 0.1) is 13.8 Å². The molecule has 0 saturated carbocycles. The molecule has 160 valence electrons. The number of rotatable bonds is 7. The molecule has 0 spiro atoms. The Morgan fingerprint density at radius 2 is 1.59 bits per heavy atom. The van der Waals surface area contributed by atoms with Crippen molar-refractivity contribution in [2.75, 3.05) is 6.61 Å². The van der Waals surface area contributed by atoms with Gasteiger partial charge in [-0.1, -0.05) is 19.1 Å². The first kappa shape index (κ1) is 22.7. The van der Waals surface area contributed by atoms with Crippen LogP contribution in [0.4, 0.5) is 0 Å². The number of hydrogen-bond acceptors (Lipinski definition) is 7. The molecule has 1 fully saturated rings. The summed E-state index contributed by atoms with van der Waals surface area (Å²) in [6, 6.07) is 8.71. The average Bonchev–Trinajstić information content (AvgIpc) is 3.16. The summed E-state index contributed by atoms with van der Waals surface area (Å²) < 4.78 is 5.88. The molecule has 5 atom stereocenters. The highest BCUT2D eigenvalue weighted by atomic mass is 32.2. The standard InChI is InChI=1S/C22H30O5S2/c1-4-16-5-6-17(28-16)9-14-7-13(3)15(8-12(14)2)11-27-22-21(26)20(25)19(24)18(10-23)29-22/h5-8,18-26H,4,9-11H2,1-3H3/t18?,19-,20?,21-,22+/m1/s1. The molecule has 0 aliphatic carbocycles. The highest BCUT2D eigenvalue weighted by Gasteiger charge is 2.43. The normalized spacial score (nSPS) is 27.3. The molecule has 4 N–H and O–H groups in total. The Morgan fingerprint density at radius 1 is 0.931 bits per heavy atom. The first-order chi connectivity index (χ1) is 13.8. The Balaban J connectivity index is 1.67. The van der Waals surface area contributed by atoms with Crippen LogP contribution < -0.4 is 0 Å². The fraction of sp³-hybridized carbons (Fsp3) is 0.545. The molecular weight excluding hydrogens is 408 g/mol. The Hall–Kier alpha value is -0.930. The van der Waals surface area contributed by atoms with Crippen LogP contribution >= 0.6 is 23.1 Å². The molecule has 1 aromatic carbocycles. The van der Waals surface area contributed by atoms with Crippen LogP contribution in [-0.4, -0.2) is 56.0 Å². The van der Waals surface area contributed by atoms with Crippen LogP contribution in [-0.2, 0) is 24.2 Å². The van der Waals surface area contributed by atoms with Gasteiger partial charge in [-0.25, -0.2) is 0 Å². The smallest absolute Gasteiger partial charge is 0.132 e. The van der Waals surface area contributed by atoms with Gasteiger partial charge in [0.05, 0.1) is 24.6 Å². The molecule has 29 heavy (non-hydrogen) atoms. The summed E-state index contributed by atoms with van der Waals surface area (Å²) in [5, 5.41) is 38.9. The third-order valence-corrected chi connectivity index (χ3v) is 8.17. The lowest BCUT2D eigenvalue weighted by Crippen LogP contribution is -2.54. The van der Waals surface area contributed by atoms with E-state index in [2.05, 4.69) is 38.1 Å². The molecule has 1 aliphatic heterocycles. The molecule has 1 aliphatic rings. The highest BCUT2D eigenvalue weighted by molar-refractivity contribution is 8.00. The van der Waals surface area contributed by atoms with Crippen LogP contribution in [0.3, 0.4) is 0 Å². The molecule has 1 aromatic heterocycles. The summed E-state index contributed by atoms with van der Waals surface area (Å²) in [4.78, 5) is 2.76. The first-order valence-corrected chi connectivity index (χ1v) is 11.7. The van der Waals surface area contributed by atoms with Crippen molar-refractivity contribution in [1.82, 2.24) is 0 Å². The van der Waals surface area contributed by atoms with Gasteiger partial charge in [0, 0.05) is 16.2 Å². The van der Waals surface area contributed by atoms with Crippen molar-refractivity contribution >= 4 is 23.1 Å². The number of aryl methyl sites for hydroxylation is 3. The number of aliphatic hydroxyl groups excluding tert-OH is 4. The van der Waals surface area contributed by atoms with Crippen molar-refractivity contribution < 1.29 is 25.2 Å². The zero-order chi connectivity index (χ0) is 21.1. The number of ether oxygens (including phenoxy) is 1. The van der Waals surface area contributed by atoms with Crippen molar-refractivity contribution in [3.05, 3.63) is 56.3 Å². The summed E-state index contributed by atoms with van der Waals surface area (Å²) >= 11 is 3.02. The predicted octanol–water partition coefficient (Wildman–Crippen LogP) is 2.55. The molecule has 0 radical (unpaired) electrons. The minimum Gasteiger partial charge on any atom is -0.395 e. The van der Waals surface area contributed by atoms with Crippen molar-refractivity contribution in [2.24, 2.45) is 0 Å².